The van der Waals surface area contributed by atoms with E-state index in [-0.39, 0.29) is 16.9 Å². The predicted molar refractivity (Wildman–Crippen MR) is 46.1 cm³/mol. The molecule has 1 aromatic rings. The number of carbonyl (C=O) groups excluding carboxylic acids is 1. The van der Waals surface area contributed by atoms with Crippen molar-refractivity contribution >= 4 is 11.4 Å². The minimum Gasteiger partial charge on any atom is -0.295 e. The van der Waals surface area contributed by atoms with Crippen molar-refractivity contribution in [1.29, 1.82) is 0 Å². The van der Waals surface area contributed by atoms with Crippen LogP contribution in [-0.2, 0) is 4.79 Å². The fourth-order valence-electron chi connectivity index (χ4n) is 0.931. The molecule has 1 rings (SSSR count). The molecule has 0 aliphatic carbocycles. The Bertz CT molecular complexity index is 349. The molecule has 0 saturated carbocycles. The van der Waals surface area contributed by atoms with E-state index in [1.807, 2.05) is 0 Å². The van der Waals surface area contributed by atoms with Crippen LogP contribution in [-0.4, -0.2) is 5.78 Å². The van der Waals surface area contributed by atoms with Crippen LogP contribution in [0.15, 0.2) is 24.8 Å². The summed E-state index contributed by atoms with van der Waals surface area (Å²) in [5.41, 5.74) is 0.295. The summed E-state index contributed by atoms with van der Waals surface area (Å²) in [5, 5.41) is 0. The quantitative estimate of drug-likeness (QED) is 0.642. The minimum absolute atomic E-state index is 0.110. The van der Waals surface area contributed by atoms with E-state index < -0.39 is 11.6 Å². The average molecular weight is 182 g/mol. The fourth-order valence-corrected chi connectivity index (χ4v) is 0.931. The van der Waals surface area contributed by atoms with Crippen LogP contribution in [0.2, 0.25) is 0 Å². The van der Waals surface area contributed by atoms with Crippen LogP contribution in [0.1, 0.15) is 12.5 Å². The Hall–Kier alpha value is -1.51. The van der Waals surface area contributed by atoms with Gasteiger partial charge in [-0.15, -0.1) is 0 Å². The molecule has 1 aromatic carbocycles. The van der Waals surface area contributed by atoms with Gasteiger partial charge in [0.25, 0.3) is 0 Å². The van der Waals surface area contributed by atoms with Gasteiger partial charge in [-0.1, -0.05) is 6.58 Å². The van der Waals surface area contributed by atoms with Crippen molar-refractivity contribution in [2.45, 2.75) is 6.92 Å². The minimum atomic E-state index is -0.711. The first-order valence-electron chi connectivity index (χ1n) is 3.67. The van der Waals surface area contributed by atoms with Gasteiger partial charge in [0.15, 0.2) is 5.78 Å². The molecule has 68 valence electrons. The summed E-state index contributed by atoms with van der Waals surface area (Å²) in [4.78, 5) is 10.8. The summed E-state index contributed by atoms with van der Waals surface area (Å²) in [7, 11) is 0. The molecule has 0 saturated heterocycles. The summed E-state index contributed by atoms with van der Waals surface area (Å²) in [5.74, 6) is -1.72. The lowest BCUT2D eigenvalue weighted by molar-refractivity contribution is -0.111. The van der Waals surface area contributed by atoms with Crippen LogP contribution in [0.3, 0.4) is 0 Å². The number of hydrogen-bond acceptors (Lipinski definition) is 1. The van der Waals surface area contributed by atoms with Crippen molar-refractivity contribution in [3.8, 4) is 0 Å². The predicted octanol–water partition coefficient (Wildman–Crippen LogP) is 2.57. The third-order valence-corrected chi connectivity index (χ3v) is 1.64. The van der Waals surface area contributed by atoms with Gasteiger partial charge < -0.3 is 0 Å². The van der Waals surface area contributed by atoms with Gasteiger partial charge in [0.1, 0.15) is 11.6 Å². The number of ketones is 1. The number of hydrogen-bond donors (Lipinski definition) is 0. The summed E-state index contributed by atoms with van der Waals surface area (Å²) in [6.45, 7) is 4.72. The highest BCUT2D eigenvalue weighted by molar-refractivity contribution is 6.18. The highest BCUT2D eigenvalue weighted by Crippen LogP contribution is 2.16. The molecule has 0 radical (unpaired) electrons. The van der Waals surface area contributed by atoms with Crippen molar-refractivity contribution in [3.63, 3.8) is 0 Å². The van der Waals surface area contributed by atoms with Gasteiger partial charge in [0.05, 0.1) is 0 Å². The zero-order valence-electron chi connectivity index (χ0n) is 7.10. The van der Waals surface area contributed by atoms with Crippen LogP contribution in [0.25, 0.3) is 5.57 Å². The van der Waals surface area contributed by atoms with E-state index in [0.717, 1.165) is 18.2 Å². The molecule has 0 heterocycles. The number of allylic oxidation sites excluding steroid dienone is 1. The average Bonchev–Trinajstić information content (AvgIpc) is 2.01. The number of Topliss-reactive ketones (excluding diaryl/α,β-unsaturated/α-hetero) is 1. The van der Waals surface area contributed by atoms with Crippen molar-refractivity contribution in [2.24, 2.45) is 0 Å². The molecule has 0 bridgehead atoms. The molecule has 0 amide bonds. The number of halogens is 2. The van der Waals surface area contributed by atoms with Gasteiger partial charge in [-0.2, -0.15) is 0 Å². The fraction of sp³-hybridized carbons (Fsp3) is 0.100. The standard InChI is InChI=1S/C10H8F2O/c1-6(7(2)13)8-3-9(11)5-10(12)4-8/h3-5H,1H2,2H3. The number of benzene rings is 1. The zero-order chi connectivity index (χ0) is 10.0. The van der Waals surface area contributed by atoms with E-state index in [0.29, 0.717) is 0 Å². The summed E-state index contributed by atoms with van der Waals surface area (Å²) < 4.78 is 25.3. The van der Waals surface area contributed by atoms with Gasteiger partial charge in [0, 0.05) is 11.6 Å². The molecular formula is C10H8F2O. The van der Waals surface area contributed by atoms with Gasteiger partial charge in [0.2, 0.25) is 0 Å². The Morgan fingerprint density at radius 2 is 1.69 bits per heavy atom. The van der Waals surface area contributed by atoms with Gasteiger partial charge in [-0.25, -0.2) is 8.78 Å². The largest absolute Gasteiger partial charge is 0.295 e. The van der Waals surface area contributed by atoms with Gasteiger partial charge in [-0.3, -0.25) is 4.79 Å². The van der Waals surface area contributed by atoms with E-state index in [4.69, 9.17) is 0 Å². The molecule has 0 spiro atoms. The first kappa shape index (κ1) is 9.58. The van der Waals surface area contributed by atoms with Gasteiger partial charge in [-0.05, 0) is 24.6 Å². The molecule has 0 fully saturated rings. The second-order valence-corrected chi connectivity index (χ2v) is 2.69. The molecule has 0 aliphatic heterocycles. The Morgan fingerprint density at radius 1 is 1.23 bits per heavy atom. The second-order valence-electron chi connectivity index (χ2n) is 2.69. The molecule has 3 heteroatoms. The van der Waals surface area contributed by atoms with E-state index in [9.17, 15) is 13.6 Å². The Kier molecular flexibility index (Phi) is 2.56. The van der Waals surface area contributed by atoms with E-state index >= 15 is 0 Å². The molecule has 0 atom stereocenters. The summed E-state index contributed by atoms with van der Waals surface area (Å²) in [6, 6.07) is 2.90. The molecule has 13 heavy (non-hydrogen) atoms. The first-order chi connectivity index (χ1) is 6.00. The monoisotopic (exact) mass is 182 g/mol. The van der Waals surface area contributed by atoms with Crippen molar-refractivity contribution in [2.75, 3.05) is 0 Å². The lowest BCUT2D eigenvalue weighted by Gasteiger charge is -2.01. The third-order valence-electron chi connectivity index (χ3n) is 1.64. The molecule has 0 unspecified atom stereocenters. The van der Waals surface area contributed by atoms with E-state index in [1.54, 1.807) is 0 Å². The molecule has 0 N–H and O–H groups in total. The van der Waals surface area contributed by atoms with E-state index in [1.165, 1.54) is 6.92 Å². The maximum absolute atomic E-state index is 12.7. The van der Waals surface area contributed by atoms with Crippen molar-refractivity contribution < 1.29 is 13.6 Å². The first-order valence-corrected chi connectivity index (χ1v) is 3.67. The summed E-state index contributed by atoms with van der Waals surface area (Å²) >= 11 is 0. The molecular weight excluding hydrogens is 174 g/mol. The summed E-state index contributed by atoms with van der Waals surface area (Å²) in [6.07, 6.45) is 0. The maximum atomic E-state index is 12.7. The van der Waals surface area contributed by atoms with Crippen molar-refractivity contribution in [1.82, 2.24) is 0 Å². The van der Waals surface area contributed by atoms with Crippen LogP contribution < -0.4 is 0 Å². The number of rotatable bonds is 2. The molecule has 0 aliphatic rings. The van der Waals surface area contributed by atoms with Crippen LogP contribution in [0, 0.1) is 11.6 Å². The lowest BCUT2D eigenvalue weighted by Crippen LogP contribution is -1.95. The van der Waals surface area contributed by atoms with Crippen LogP contribution in [0.5, 0.6) is 0 Å². The topological polar surface area (TPSA) is 17.1 Å². The van der Waals surface area contributed by atoms with Crippen LogP contribution in [0.4, 0.5) is 8.78 Å². The molecule has 1 nitrogen and oxygen atoms in total. The Balaban J connectivity index is 3.15. The SMILES string of the molecule is C=C(C(C)=O)c1cc(F)cc(F)c1. The normalized spacial score (nSPS) is 9.77. The Labute approximate surface area is 74.7 Å². The second kappa shape index (κ2) is 3.47. The van der Waals surface area contributed by atoms with Gasteiger partial charge >= 0.3 is 0 Å². The maximum Gasteiger partial charge on any atom is 0.159 e. The highest BCUT2D eigenvalue weighted by Gasteiger charge is 2.07. The third kappa shape index (κ3) is 2.21. The van der Waals surface area contributed by atoms with E-state index in [2.05, 4.69) is 6.58 Å². The van der Waals surface area contributed by atoms with Crippen molar-refractivity contribution in [3.05, 3.63) is 42.0 Å². The van der Waals surface area contributed by atoms with Crippen LogP contribution >= 0.6 is 0 Å². The Morgan fingerprint density at radius 3 is 2.08 bits per heavy atom. The smallest absolute Gasteiger partial charge is 0.159 e. The number of carbonyl (C=O) groups is 1. The lowest BCUT2D eigenvalue weighted by atomic mass is 10.0. The molecule has 0 aromatic heterocycles. The zero-order valence-corrected chi connectivity index (χ0v) is 7.10. The highest BCUT2D eigenvalue weighted by atomic mass is 19.1.